The molecule has 2 N–H and O–H groups in total. The van der Waals surface area contributed by atoms with E-state index in [4.69, 9.17) is 0 Å². The Balaban J connectivity index is 1.83. The second-order valence-electron chi connectivity index (χ2n) is 10.1. The Morgan fingerprint density at radius 1 is 0.722 bits per heavy atom. The van der Waals surface area contributed by atoms with Crippen molar-refractivity contribution in [2.24, 2.45) is 23.7 Å². The Hall–Kier alpha value is -2.91. The maximum atomic E-state index is 14.8. The molecule has 4 rings (SSSR count). The van der Waals surface area contributed by atoms with Crippen molar-refractivity contribution in [3.05, 3.63) is 48.6 Å². The van der Waals surface area contributed by atoms with E-state index in [9.17, 15) is 14.4 Å². The summed E-state index contributed by atoms with van der Waals surface area (Å²) in [5.41, 5.74) is 1.14. The molecule has 2 aromatic heterocycles. The van der Waals surface area contributed by atoms with E-state index in [2.05, 4.69) is 30.6 Å². The summed E-state index contributed by atoms with van der Waals surface area (Å²) in [6.07, 6.45) is 9.27. The Bertz CT molecular complexity index is 941. The maximum Gasteiger partial charge on any atom is 0.141 e. The van der Waals surface area contributed by atoms with Crippen LogP contribution in [0.15, 0.2) is 37.2 Å². The second-order valence-corrected chi connectivity index (χ2v) is 10.1. The lowest BCUT2D eigenvalue weighted by Crippen LogP contribution is -2.47. The van der Waals surface area contributed by atoms with E-state index in [1.807, 2.05) is 0 Å². The number of Topliss-reactive ketones (excluding diaryl/α,β-unsaturated/α-hetero) is 3. The van der Waals surface area contributed by atoms with E-state index in [0.29, 0.717) is 11.4 Å². The van der Waals surface area contributed by atoms with Gasteiger partial charge in [-0.25, -0.2) is 19.9 Å². The van der Waals surface area contributed by atoms with E-state index in [1.54, 1.807) is 38.4 Å². The van der Waals surface area contributed by atoms with Crippen molar-refractivity contribution >= 4 is 17.3 Å². The number of hydrogen-bond acceptors (Lipinski definition) is 9. The standard InChI is InChI=1S/C27H36N6O3/c1-17(34)23(21-7-13-30-15-32-21)25(19-3-9-28-10-4-19)27(36)26(20-5-11-29-12-6-20)24(18(2)35)22-8-14-31-16-33-22/h7-8,13-16,19-20,23-26,28-29H,3-6,9-12H2,1-2H3. The summed E-state index contributed by atoms with van der Waals surface area (Å²) < 4.78 is 0. The molecule has 2 saturated heterocycles. The molecule has 0 aromatic carbocycles. The van der Waals surface area contributed by atoms with Crippen LogP contribution >= 0.6 is 0 Å². The SMILES string of the molecule is CC(=O)C(c1ccncn1)C(C(=O)C(C1CCNCC1)C(C(C)=O)c1ccncn1)C1CCNCC1. The lowest BCUT2D eigenvalue weighted by Gasteiger charge is -2.40. The number of hydrogen-bond donors (Lipinski definition) is 2. The van der Waals surface area contributed by atoms with Gasteiger partial charge in [-0.05, 0) is 89.7 Å². The van der Waals surface area contributed by atoms with Crippen molar-refractivity contribution in [3.63, 3.8) is 0 Å². The topological polar surface area (TPSA) is 127 Å². The molecule has 9 heteroatoms. The van der Waals surface area contributed by atoms with Gasteiger partial charge in [0.05, 0.1) is 23.2 Å². The molecule has 2 fully saturated rings. The summed E-state index contributed by atoms with van der Waals surface area (Å²) in [7, 11) is 0. The van der Waals surface area contributed by atoms with Gasteiger partial charge in [-0.1, -0.05) is 0 Å². The molecule has 0 amide bonds. The third-order valence-electron chi connectivity index (χ3n) is 7.88. The van der Waals surface area contributed by atoms with E-state index >= 15 is 0 Å². The molecule has 9 nitrogen and oxygen atoms in total. The van der Waals surface area contributed by atoms with Crippen molar-refractivity contribution in [1.82, 2.24) is 30.6 Å². The summed E-state index contributed by atoms with van der Waals surface area (Å²) in [6, 6.07) is 3.47. The van der Waals surface area contributed by atoms with Crippen molar-refractivity contribution < 1.29 is 14.4 Å². The van der Waals surface area contributed by atoms with Gasteiger partial charge in [0.2, 0.25) is 0 Å². The van der Waals surface area contributed by atoms with Crippen LogP contribution in [0.4, 0.5) is 0 Å². The normalized spacial score (nSPS) is 20.7. The number of nitrogens with one attached hydrogen (secondary N) is 2. The Labute approximate surface area is 212 Å². The van der Waals surface area contributed by atoms with Crippen LogP contribution in [0.3, 0.4) is 0 Å². The fraction of sp³-hybridized carbons (Fsp3) is 0.593. The molecule has 2 aliphatic rings. The van der Waals surface area contributed by atoms with Crippen LogP contribution in [0.25, 0.3) is 0 Å². The summed E-state index contributed by atoms with van der Waals surface area (Å²) in [5, 5.41) is 6.75. The summed E-state index contributed by atoms with van der Waals surface area (Å²) in [6.45, 7) is 6.26. The van der Waals surface area contributed by atoms with Gasteiger partial charge in [0.1, 0.15) is 30.0 Å². The lowest BCUT2D eigenvalue weighted by molar-refractivity contribution is -0.139. The third-order valence-corrected chi connectivity index (χ3v) is 7.88. The predicted molar refractivity (Wildman–Crippen MR) is 134 cm³/mol. The second kappa shape index (κ2) is 12.4. The van der Waals surface area contributed by atoms with Crippen LogP contribution < -0.4 is 10.6 Å². The van der Waals surface area contributed by atoms with Gasteiger partial charge in [0.25, 0.3) is 0 Å². The number of carbonyl (C=O) groups is 3. The first-order valence-electron chi connectivity index (χ1n) is 13.0. The Morgan fingerprint density at radius 2 is 1.11 bits per heavy atom. The Kier molecular flexibility index (Phi) is 8.98. The zero-order valence-electron chi connectivity index (χ0n) is 21.1. The molecule has 0 radical (unpaired) electrons. The molecule has 0 bridgehead atoms. The molecular formula is C27H36N6O3. The molecule has 36 heavy (non-hydrogen) atoms. The zero-order chi connectivity index (χ0) is 25.5. The first-order chi connectivity index (χ1) is 17.5. The fourth-order valence-corrected chi connectivity index (χ4v) is 6.23. The minimum absolute atomic E-state index is 0.00794. The molecule has 0 spiro atoms. The quantitative estimate of drug-likeness (QED) is 0.513. The van der Waals surface area contributed by atoms with Crippen molar-refractivity contribution in [2.45, 2.75) is 51.4 Å². The number of piperidine rings is 2. The molecule has 2 aliphatic heterocycles. The van der Waals surface area contributed by atoms with Gasteiger partial charge in [0, 0.05) is 24.2 Å². The largest absolute Gasteiger partial charge is 0.317 e. The molecule has 4 heterocycles. The van der Waals surface area contributed by atoms with E-state index in [1.165, 1.54) is 12.7 Å². The highest BCUT2D eigenvalue weighted by Gasteiger charge is 2.48. The minimum atomic E-state index is -0.675. The van der Waals surface area contributed by atoms with Crippen molar-refractivity contribution in [1.29, 1.82) is 0 Å². The van der Waals surface area contributed by atoms with E-state index < -0.39 is 23.7 Å². The number of rotatable bonds is 10. The molecule has 2 aromatic rings. The highest BCUT2D eigenvalue weighted by Crippen LogP contribution is 2.43. The number of aromatic nitrogens is 4. The van der Waals surface area contributed by atoms with Crippen LogP contribution in [-0.2, 0) is 14.4 Å². The van der Waals surface area contributed by atoms with Crippen LogP contribution in [0, 0.1) is 23.7 Å². The lowest BCUT2D eigenvalue weighted by atomic mass is 9.63. The van der Waals surface area contributed by atoms with Crippen LogP contribution in [-0.4, -0.2) is 63.5 Å². The number of carbonyl (C=O) groups excluding carboxylic acids is 3. The third kappa shape index (κ3) is 5.90. The van der Waals surface area contributed by atoms with Crippen molar-refractivity contribution in [3.8, 4) is 0 Å². The average molecular weight is 493 g/mol. The first-order valence-corrected chi connectivity index (χ1v) is 13.0. The number of ketones is 3. The molecule has 0 aliphatic carbocycles. The number of nitrogens with zero attached hydrogens (tertiary/aromatic N) is 4. The van der Waals surface area contributed by atoms with Crippen molar-refractivity contribution in [2.75, 3.05) is 26.2 Å². The van der Waals surface area contributed by atoms with Gasteiger partial charge in [-0.3, -0.25) is 14.4 Å². The summed E-state index contributed by atoms with van der Waals surface area (Å²) in [4.78, 5) is 58.1. The first kappa shape index (κ1) is 26.2. The van der Waals surface area contributed by atoms with Crippen LogP contribution in [0.5, 0.6) is 0 Å². The monoisotopic (exact) mass is 492 g/mol. The van der Waals surface area contributed by atoms with Gasteiger partial charge < -0.3 is 10.6 Å². The highest BCUT2D eigenvalue weighted by molar-refractivity contribution is 5.97. The van der Waals surface area contributed by atoms with Gasteiger partial charge in [-0.15, -0.1) is 0 Å². The molecule has 4 atom stereocenters. The highest BCUT2D eigenvalue weighted by atomic mass is 16.1. The molecule has 0 saturated carbocycles. The smallest absolute Gasteiger partial charge is 0.141 e. The van der Waals surface area contributed by atoms with Crippen LogP contribution in [0.2, 0.25) is 0 Å². The van der Waals surface area contributed by atoms with E-state index in [-0.39, 0.29) is 29.2 Å². The maximum absolute atomic E-state index is 14.8. The Morgan fingerprint density at radius 3 is 1.42 bits per heavy atom. The molecule has 192 valence electrons. The molecule has 4 unspecified atom stereocenters. The van der Waals surface area contributed by atoms with Gasteiger partial charge in [-0.2, -0.15) is 0 Å². The van der Waals surface area contributed by atoms with E-state index in [0.717, 1.165) is 51.9 Å². The summed E-state index contributed by atoms with van der Waals surface area (Å²) >= 11 is 0. The van der Waals surface area contributed by atoms with Gasteiger partial charge >= 0.3 is 0 Å². The zero-order valence-corrected chi connectivity index (χ0v) is 21.1. The minimum Gasteiger partial charge on any atom is -0.317 e. The summed E-state index contributed by atoms with van der Waals surface area (Å²) in [5.74, 6) is -2.63. The average Bonchev–Trinajstić information content (AvgIpc) is 2.91. The van der Waals surface area contributed by atoms with Crippen LogP contribution in [0.1, 0.15) is 62.8 Å². The molecular weight excluding hydrogens is 456 g/mol. The predicted octanol–water partition coefficient (Wildman–Crippen LogP) is 2.11. The van der Waals surface area contributed by atoms with Gasteiger partial charge in [0.15, 0.2) is 0 Å². The fourth-order valence-electron chi connectivity index (χ4n) is 6.23.